The number of benzene rings is 1. The number of anilines is 1. The van der Waals surface area contributed by atoms with Crippen molar-refractivity contribution in [3.05, 3.63) is 47.5 Å². The van der Waals surface area contributed by atoms with E-state index in [1.807, 2.05) is 6.07 Å². The highest BCUT2D eigenvalue weighted by atomic mass is 32.1. The molecule has 3 rings (SSSR count). The van der Waals surface area contributed by atoms with E-state index in [1.165, 1.54) is 17.6 Å². The average molecular weight is 402 g/mol. The van der Waals surface area contributed by atoms with Crippen molar-refractivity contribution in [3.63, 3.8) is 0 Å². The highest BCUT2D eigenvalue weighted by molar-refractivity contribution is 7.13. The van der Waals surface area contributed by atoms with Gasteiger partial charge >= 0.3 is 0 Å². The molecule has 1 aromatic carbocycles. The summed E-state index contributed by atoms with van der Waals surface area (Å²) in [5, 5.41) is 6.54. The molecule has 148 valence electrons. The number of nitrogens with zero attached hydrogens (tertiary/aromatic N) is 3. The predicted molar refractivity (Wildman–Crippen MR) is 109 cm³/mol. The Morgan fingerprint density at radius 2 is 2.25 bits per heavy atom. The molecule has 0 bridgehead atoms. The number of morpholine rings is 1. The van der Waals surface area contributed by atoms with Crippen LogP contribution in [0.25, 0.3) is 0 Å². The lowest BCUT2D eigenvalue weighted by molar-refractivity contribution is 0.0951. The number of aromatic nitrogens is 1. The number of thiazole rings is 1. The van der Waals surface area contributed by atoms with E-state index < -0.39 is 0 Å². The van der Waals surface area contributed by atoms with Crippen LogP contribution in [0.3, 0.4) is 0 Å². The minimum absolute atomic E-state index is 0.342. The van der Waals surface area contributed by atoms with Crippen LogP contribution in [0.5, 0.6) is 11.5 Å². The van der Waals surface area contributed by atoms with Crippen molar-refractivity contribution in [1.29, 1.82) is 0 Å². The van der Waals surface area contributed by atoms with Gasteiger partial charge in [0.25, 0.3) is 5.91 Å². The Morgan fingerprint density at radius 3 is 3.00 bits per heavy atom. The van der Waals surface area contributed by atoms with Crippen molar-refractivity contribution >= 4 is 28.6 Å². The molecule has 1 aromatic heterocycles. The first-order valence-electron chi connectivity index (χ1n) is 8.74. The van der Waals surface area contributed by atoms with Crippen LogP contribution in [0.15, 0.2) is 41.3 Å². The maximum absolute atomic E-state index is 12.2. The lowest BCUT2D eigenvalue weighted by Gasteiger charge is -2.25. The number of ether oxygens (including phenoxy) is 3. The number of hydrazone groups is 1. The quantitative estimate of drug-likeness (QED) is 0.414. The number of amides is 1. The van der Waals surface area contributed by atoms with Crippen molar-refractivity contribution in [2.24, 2.45) is 5.10 Å². The summed E-state index contributed by atoms with van der Waals surface area (Å²) < 4.78 is 16.1. The fourth-order valence-corrected chi connectivity index (χ4v) is 3.38. The van der Waals surface area contributed by atoms with Crippen molar-refractivity contribution in [3.8, 4) is 11.5 Å². The molecule has 2 aromatic rings. The Labute approximate surface area is 167 Å². The minimum Gasteiger partial charge on any atom is -0.493 e. The highest BCUT2D eigenvalue weighted by Crippen LogP contribution is 2.27. The Bertz CT molecular complexity index is 846. The lowest BCUT2D eigenvalue weighted by atomic mass is 10.2. The number of rotatable bonds is 8. The Kier molecular flexibility index (Phi) is 6.99. The van der Waals surface area contributed by atoms with E-state index >= 15 is 0 Å². The smallest absolute Gasteiger partial charge is 0.290 e. The van der Waals surface area contributed by atoms with Gasteiger partial charge in [-0.15, -0.1) is 11.3 Å². The summed E-state index contributed by atoms with van der Waals surface area (Å²) in [6, 6.07) is 5.37. The van der Waals surface area contributed by atoms with E-state index in [0.29, 0.717) is 37.0 Å². The first-order valence-corrected chi connectivity index (χ1v) is 9.62. The van der Waals surface area contributed by atoms with Crippen molar-refractivity contribution in [1.82, 2.24) is 10.4 Å². The molecule has 1 fully saturated rings. The molecule has 1 aliphatic rings. The van der Waals surface area contributed by atoms with E-state index in [9.17, 15) is 4.79 Å². The van der Waals surface area contributed by atoms with Gasteiger partial charge in [0, 0.05) is 18.5 Å². The van der Waals surface area contributed by atoms with Gasteiger partial charge in [0.2, 0.25) is 0 Å². The molecule has 1 N–H and O–H groups in total. The van der Waals surface area contributed by atoms with Crippen LogP contribution in [0.1, 0.15) is 16.1 Å². The SMILES string of the molecule is C=CCOc1ccc(/C=N/NC(=O)c2csc(N3CCOCC3)n2)cc1OC. The minimum atomic E-state index is -0.357. The fourth-order valence-electron chi connectivity index (χ4n) is 2.52. The Balaban J connectivity index is 1.58. The van der Waals surface area contributed by atoms with E-state index in [0.717, 1.165) is 23.8 Å². The van der Waals surface area contributed by atoms with Crippen molar-refractivity contribution < 1.29 is 19.0 Å². The topological polar surface area (TPSA) is 85.3 Å². The first-order chi connectivity index (χ1) is 13.7. The van der Waals surface area contributed by atoms with Gasteiger partial charge in [-0.05, 0) is 23.8 Å². The van der Waals surface area contributed by atoms with Crippen LogP contribution in [-0.4, -0.2) is 57.1 Å². The number of carbonyl (C=O) groups is 1. The number of hydrogen-bond acceptors (Lipinski definition) is 8. The molecule has 0 radical (unpaired) electrons. The van der Waals surface area contributed by atoms with Crippen molar-refractivity contribution in [2.45, 2.75) is 0 Å². The summed E-state index contributed by atoms with van der Waals surface area (Å²) in [4.78, 5) is 18.7. The molecule has 8 nitrogen and oxygen atoms in total. The molecule has 9 heteroatoms. The first kappa shape index (κ1) is 19.8. The lowest BCUT2D eigenvalue weighted by Crippen LogP contribution is -2.36. The monoisotopic (exact) mass is 402 g/mol. The molecular weight excluding hydrogens is 380 g/mol. The summed E-state index contributed by atoms with van der Waals surface area (Å²) in [6.07, 6.45) is 3.19. The molecule has 0 unspecified atom stereocenters. The van der Waals surface area contributed by atoms with Gasteiger partial charge in [-0.1, -0.05) is 12.7 Å². The summed E-state index contributed by atoms with van der Waals surface area (Å²) >= 11 is 1.44. The second-order valence-corrected chi connectivity index (χ2v) is 6.66. The third-order valence-corrected chi connectivity index (χ3v) is 4.83. The maximum atomic E-state index is 12.2. The van der Waals surface area contributed by atoms with Gasteiger partial charge in [0.05, 0.1) is 26.5 Å². The highest BCUT2D eigenvalue weighted by Gasteiger charge is 2.17. The summed E-state index contributed by atoms with van der Waals surface area (Å²) in [5.41, 5.74) is 3.60. The van der Waals surface area contributed by atoms with Crippen LogP contribution in [-0.2, 0) is 4.74 Å². The molecule has 1 saturated heterocycles. The normalized spacial score (nSPS) is 14.1. The molecule has 1 amide bonds. The van der Waals surface area contributed by atoms with Gasteiger partial charge in [0.1, 0.15) is 12.3 Å². The van der Waals surface area contributed by atoms with Gasteiger partial charge in [-0.2, -0.15) is 5.10 Å². The zero-order chi connectivity index (χ0) is 19.8. The summed E-state index contributed by atoms with van der Waals surface area (Å²) in [5.74, 6) is 0.832. The number of carbonyl (C=O) groups excluding carboxylic acids is 1. The zero-order valence-electron chi connectivity index (χ0n) is 15.6. The Hall–Kier alpha value is -2.91. The largest absolute Gasteiger partial charge is 0.493 e. The van der Waals surface area contributed by atoms with Crippen LogP contribution in [0, 0.1) is 0 Å². The van der Waals surface area contributed by atoms with E-state index in [2.05, 4.69) is 27.0 Å². The standard InChI is InChI=1S/C19H22N4O4S/c1-3-8-27-16-5-4-14(11-17(16)25-2)12-20-22-18(24)15-13-28-19(21-15)23-6-9-26-10-7-23/h3-5,11-13H,1,6-10H2,2H3,(H,22,24)/b20-12+. The van der Waals surface area contributed by atoms with Crippen LogP contribution in [0.2, 0.25) is 0 Å². The van der Waals surface area contributed by atoms with Gasteiger partial charge in [-0.3, -0.25) is 4.79 Å². The zero-order valence-corrected chi connectivity index (χ0v) is 16.4. The third-order valence-electron chi connectivity index (χ3n) is 3.93. The summed E-state index contributed by atoms with van der Waals surface area (Å²) in [6.45, 7) is 6.91. The number of nitrogens with one attached hydrogen (secondary N) is 1. The molecule has 0 saturated carbocycles. The number of methoxy groups -OCH3 is 1. The second kappa shape index (κ2) is 9.86. The fraction of sp³-hybridized carbons (Fsp3) is 0.316. The molecule has 28 heavy (non-hydrogen) atoms. The summed E-state index contributed by atoms with van der Waals surface area (Å²) in [7, 11) is 1.56. The molecule has 0 aliphatic carbocycles. The molecule has 0 spiro atoms. The molecular formula is C19H22N4O4S. The van der Waals surface area contributed by atoms with E-state index in [-0.39, 0.29) is 5.91 Å². The predicted octanol–water partition coefficient (Wildman–Crippen LogP) is 2.32. The van der Waals surface area contributed by atoms with Crippen LogP contribution < -0.4 is 19.8 Å². The average Bonchev–Trinajstić information content (AvgIpc) is 3.23. The molecule has 1 aliphatic heterocycles. The second-order valence-electron chi connectivity index (χ2n) is 5.82. The van der Waals surface area contributed by atoms with Gasteiger partial charge in [0.15, 0.2) is 16.6 Å². The third kappa shape index (κ3) is 5.08. The van der Waals surface area contributed by atoms with Crippen molar-refractivity contribution in [2.75, 3.05) is 44.9 Å². The van der Waals surface area contributed by atoms with Gasteiger partial charge < -0.3 is 19.1 Å². The molecule has 0 atom stereocenters. The van der Waals surface area contributed by atoms with E-state index in [1.54, 1.807) is 30.7 Å². The van der Waals surface area contributed by atoms with Crippen LogP contribution >= 0.6 is 11.3 Å². The Morgan fingerprint density at radius 1 is 1.43 bits per heavy atom. The molecule has 2 heterocycles. The van der Waals surface area contributed by atoms with Gasteiger partial charge in [-0.25, -0.2) is 10.4 Å². The van der Waals surface area contributed by atoms with E-state index in [4.69, 9.17) is 14.2 Å². The number of hydrogen-bond donors (Lipinski definition) is 1. The maximum Gasteiger partial charge on any atom is 0.290 e. The van der Waals surface area contributed by atoms with Crippen LogP contribution in [0.4, 0.5) is 5.13 Å².